The summed E-state index contributed by atoms with van der Waals surface area (Å²) < 4.78 is 5.24. The van der Waals surface area contributed by atoms with Crippen molar-refractivity contribution in [1.82, 2.24) is 0 Å². The summed E-state index contributed by atoms with van der Waals surface area (Å²) in [6.07, 6.45) is 2.28. The highest BCUT2D eigenvalue weighted by molar-refractivity contribution is 5.95. The maximum Gasteiger partial charge on any atom is 0.227 e. The fraction of sp³-hybridized carbons (Fsp3) is 0.500. The van der Waals surface area contributed by atoms with Gasteiger partial charge < -0.3 is 20.5 Å². The third-order valence-corrected chi connectivity index (χ3v) is 3.23. The molecule has 0 bridgehead atoms. The van der Waals surface area contributed by atoms with Crippen LogP contribution in [-0.4, -0.2) is 37.4 Å². The van der Waals surface area contributed by atoms with Gasteiger partial charge >= 0.3 is 0 Å². The van der Waals surface area contributed by atoms with E-state index in [4.69, 9.17) is 15.6 Å². The Morgan fingerprint density at radius 2 is 2.16 bits per heavy atom. The number of fused-ring (bicyclic) bond motifs is 1. The van der Waals surface area contributed by atoms with Crippen LogP contribution in [0, 0.1) is 0 Å². The molecule has 104 valence electrons. The number of aliphatic hydroxyl groups is 1. The molecule has 3 N–H and O–H groups in total. The Balaban J connectivity index is 2.13. The highest BCUT2D eigenvalue weighted by Crippen LogP contribution is 2.28. The molecule has 1 aliphatic rings. The summed E-state index contributed by atoms with van der Waals surface area (Å²) in [4.78, 5) is 13.9. The van der Waals surface area contributed by atoms with Crippen molar-refractivity contribution in [2.45, 2.75) is 19.3 Å². The lowest BCUT2D eigenvalue weighted by molar-refractivity contribution is -0.118. The Hall–Kier alpha value is -1.59. The molecule has 19 heavy (non-hydrogen) atoms. The molecule has 0 saturated carbocycles. The van der Waals surface area contributed by atoms with Crippen LogP contribution in [0.5, 0.6) is 0 Å². The average molecular weight is 264 g/mol. The largest absolute Gasteiger partial charge is 0.399 e. The molecule has 0 saturated heterocycles. The van der Waals surface area contributed by atoms with Gasteiger partial charge in [0.05, 0.1) is 19.8 Å². The van der Waals surface area contributed by atoms with Gasteiger partial charge in [-0.2, -0.15) is 0 Å². The van der Waals surface area contributed by atoms with Crippen molar-refractivity contribution in [1.29, 1.82) is 0 Å². The van der Waals surface area contributed by atoms with Crippen molar-refractivity contribution < 1.29 is 14.6 Å². The normalized spacial score (nSPS) is 15.2. The van der Waals surface area contributed by atoms with Crippen LogP contribution in [-0.2, 0) is 16.0 Å². The Kier molecular flexibility index (Phi) is 4.76. The summed E-state index contributed by atoms with van der Waals surface area (Å²) in [6.45, 7) is 1.24. The zero-order valence-electron chi connectivity index (χ0n) is 11.0. The van der Waals surface area contributed by atoms with Crippen molar-refractivity contribution in [2.75, 3.05) is 37.0 Å². The van der Waals surface area contributed by atoms with Crippen molar-refractivity contribution >= 4 is 17.3 Å². The number of hydrogen-bond donors (Lipinski definition) is 2. The number of nitrogens with two attached hydrogens (primary N) is 1. The SMILES string of the molecule is Nc1ccc2c(c1)CCCC(=O)N2CCOCCO. The van der Waals surface area contributed by atoms with Gasteiger partial charge in [-0.25, -0.2) is 0 Å². The molecule has 2 rings (SSSR count). The van der Waals surface area contributed by atoms with E-state index in [0.29, 0.717) is 26.2 Å². The number of hydrogen-bond acceptors (Lipinski definition) is 4. The van der Waals surface area contributed by atoms with Crippen molar-refractivity contribution in [3.63, 3.8) is 0 Å². The summed E-state index contributed by atoms with van der Waals surface area (Å²) in [7, 11) is 0. The van der Waals surface area contributed by atoms with Crippen LogP contribution >= 0.6 is 0 Å². The fourth-order valence-electron chi connectivity index (χ4n) is 2.34. The van der Waals surface area contributed by atoms with Gasteiger partial charge in [0.2, 0.25) is 5.91 Å². The van der Waals surface area contributed by atoms with E-state index in [9.17, 15) is 4.79 Å². The van der Waals surface area contributed by atoms with E-state index >= 15 is 0 Å². The number of amides is 1. The highest BCUT2D eigenvalue weighted by Gasteiger charge is 2.21. The van der Waals surface area contributed by atoms with Gasteiger partial charge in [-0.15, -0.1) is 0 Å². The number of rotatable bonds is 5. The number of nitrogens with zero attached hydrogens (tertiary/aromatic N) is 1. The van der Waals surface area contributed by atoms with Crippen LogP contribution in [0.15, 0.2) is 18.2 Å². The van der Waals surface area contributed by atoms with Crippen LogP contribution in [0.2, 0.25) is 0 Å². The van der Waals surface area contributed by atoms with E-state index < -0.39 is 0 Å². The monoisotopic (exact) mass is 264 g/mol. The molecule has 0 spiro atoms. The molecule has 0 aromatic heterocycles. The van der Waals surface area contributed by atoms with Crippen LogP contribution < -0.4 is 10.6 Å². The number of carbonyl (C=O) groups excluding carboxylic acids is 1. The second kappa shape index (κ2) is 6.54. The van der Waals surface area contributed by atoms with E-state index in [1.165, 1.54) is 0 Å². The molecule has 1 amide bonds. The van der Waals surface area contributed by atoms with Gasteiger partial charge in [-0.3, -0.25) is 4.79 Å². The van der Waals surface area contributed by atoms with E-state index in [1.54, 1.807) is 4.90 Å². The Morgan fingerprint density at radius 1 is 1.32 bits per heavy atom. The minimum Gasteiger partial charge on any atom is -0.399 e. The first-order valence-corrected chi connectivity index (χ1v) is 6.59. The maximum atomic E-state index is 12.1. The second-order valence-electron chi connectivity index (χ2n) is 4.62. The molecule has 5 heteroatoms. The second-order valence-corrected chi connectivity index (χ2v) is 4.62. The standard InChI is InChI=1S/C14H20N2O3/c15-12-4-5-13-11(10-12)2-1-3-14(18)16(13)6-8-19-9-7-17/h4-5,10,17H,1-3,6-9,15H2. The molecule has 0 atom stereocenters. The first kappa shape index (κ1) is 13.8. The number of aliphatic hydroxyl groups excluding tert-OH is 1. The molecule has 1 aromatic rings. The van der Waals surface area contributed by atoms with Crippen LogP contribution in [0.4, 0.5) is 11.4 Å². The number of anilines is 2. The molecule has 5 nitrogen and oxygen atoms in total. The van der Waals surface area contributed by atoms with Crippen LogP contribution in [0.1, 0.15) is 18.4 Å². The molecule has 0 unspecified atom stereocenters. The molecule has 0 radical (unpaired) electrons. The lowest BCUT2D eigenvalue weighted by Crippen LogP contribution is -2.33. The zero-order valence-corrected chi connectivity index (χ0v) is 11.0. The van der Waals surface area contributed by atoms with Crippen LogP contribution in [0.3, 0.4) is 0 Å². The predicted molar refractivity (Wildman–Crippen MR) is 74.1 cm³/mol. The van der Waals surface area contributed by atoms with Gasteiger partial charge in [0.25, 0.3) is 0 Å². The molecule has 1 aromatic carbocycles. The van der Waals surface area contributed by atoms with Gasteiger partial charge in [0.1, 0.15) is 0 Å². The minimum atomic E-state index is 0.00106. The lowest BCUT2D eigenvalue weighted by atomic mass is 10.1. The van der Waals surface area contributed by atoms with E-state index in [0.717, 1.165) is 29.8 Å². The quantitative estimate of drug-likeness (QED) is 0.613. The van der Waals surface area contributed by atoms with Gasteiger partial charge in [-0.1, -0.05) is 0 Å². The summed E-state index contributed by atoms with van der Waals surface area (Å²) in [5.74, 6) is 0.121. The first-order valence-electron chi connectivity index (χ1n) is 6.59. The van der Waals surface area contributed by atoms with Gasteiger partial charge in [0, 0.05) is 24.3 Å². The van der Waals surface area contributed by atoms with E-state index in [-0.39, 0.29) is 12.5 Å². The molecular formula is C14H20N2O3. The fourth-order valence-corrected chi connectivity index (χ4v) is 2.34. The summed E-state index contributed by atoms with van der Waals surface area (Å²) in [5, 5.41) is 8.67. The summed E-state index contributed by atoms with van der Waals surface area (Å²) >= 11 is 0. The number of benzene rings is 1. The highest BCUT2D eigenvalue weighted by atomic mass is 16.5. The van der Waals surface area contributed by atoms with E-state index in [1.807, 2.05) is 18.2 Å². The Labute approximate surface area is 113 Å². The summed E-state index contributed by atoms with van der Waals surface area (Å²) in [6, 6.07) is 5.66. The van der Waals surface area contributed by atoms with Gasteiger partial charge in [-0.05, 0) is 36.6 Å². The molecule has 0 fully saturated rings. The molecule has 1 heterocycles. The average Bonchev–Trinajstić information content (AvgIpc) is 2.54. The smallest absolute Gasteiger partial charge is 0.227 e. The number of aryl methyl sites for hydroxylation is 1. The van der Waals surface area contributed by atoms with Crippen LogP contribution in [0.25, 0.3) is 0 Å². The number of carbonyl (C=O) groups is 1. The Bertz CT molecular complexity index is 448. The summed E-state index contributed by atoms with van der Waals surface area (Å²) in [5.41, 5.74) is 8.58. The predicted octanol–water partition coefficient (Wildman–Crippen LogP) is 0.947. The maximum absolute atomic E-state index is 12.1. The molecule has 0 aliphatic carbocycles. The molecular weight excluding hydrogens is 244 g/mol. The minimum absolute atomic E-state index is 0.00106. The number of ether oxygens (including phenoxy) is 1. The third-order valence-electron chi connectivity index (χ3n) is 3.23. The van der Waals surface area contributed by atoms with Crippen molar-refractivity contribution in [3.05, 3.63) is 23.8 Å². The van der Waals surface area contributed by atoms with Gasteiger partial charge in [0.15, 0.2) is 0 Å². The lowest BCUT2D eigenvalue weighted by Gasteiger charge is -2.23. The third kappa shape index (κ3) is 3.45. The zero-order chi connectivity index (χ0) is 13.7. The number of nitrogen functional groups attached to an aromatic ring is 1. The topological polar surface area (TPSA) is 75.8 Å². The van der Waals surface area contributed by atoms with Crippen molar-refractivity contribution in [2.24, 2.45) is 0 Å². The molecule has 1 aliphatic heterocycles. The van der Waals surface area contributed by atoms with E-state index in [2.05, 4.69) is 0 Å². The Morgan fingerprint density at radius 3 is 2.95 bits per heavy atom. The van der Waals surface area contributed by atoms with Crippen molar-refractivity contribution in [3.8, 4) is 0 Å². The first-order chi connectivity index (χ1) is 9.22.